The van der Waals surface area contributed by atoms with Gasteiger partial charge in [-0.3, -0.25) is 24.5 Å². The molecule has 4 rings (SSSR count). The molecular formula is C26H30ClN5O3. The third-order valence-electron chi connectivity index (χ3n) is 6.72. The lowest BCUT2D eigenvalue weighted by Crippen LogP contribution is -2.48. The van der Waals surface area contributed by atoms with E-state index in [1.807, 2.05) is 54.6 Å². The van der Waals surface area contributed by atoms with Crippen LogP contribution in [0.5, 0.6) is 0 Å². The fourth-order valence-electron chi connectivity index (χ4n) is 4.88. The Balaban J connectivity index is 1.60. The summed E-state index contributed by atoms with van der Waals surface area (Å²) in [4.78, 5) is 42.3. The summed E-state index contributed by atoms with van der Waals surface area (Å²) in [6.45, 7) is 2.20. The van der Waals surface area contributed by atoms with Crippen molar-refractivity contribution in [3.05, 3.63) is 91.6 Å². The molecule has 2 aromatic carbocycles. The molecule has 35 heavy (non-hydrogen) atoms. The molecule has 1 heterocycles. The average Bonchev–Trinajstić information content (AvgIpc) is 3.34. The van der Waals surface area contributed by atoms with Crippen LogP contribution in [0.25, 0.3) is 0 Å². The van der Waals surface area contributed by atoms with Crippen molar-refractivity contribution in [3.63, 3.8) is 0 Å². The number of nitrogens with one attached hydrogen (secondary N) is 2. The number of likely N-dealkylation sites (N-methyl/N-ethyl adjacent to an activating group) is 1. The molecule has 1 fully saturated rings. The molecular weight excluding hydrogens is 466 g/mol. The second-order valence-corrected chi connectivity index (χ2v) is 9.29. The number of amides is 1. The summed E-state index contributed by atoms with van der Waals surface area (Å²) >= 11 is 6.07. The van der Waals surface area contributed by atoms with Crippen LogP contribution >= 0.6 is 11.6 Å². The van der Waals surface area contributed by atoms with Gasteiger partial charge in [-0.2, -0.15) is 0 Å². The van der Waals surface area contributed by atoms with E-state index in [1.54, 1.807) is 6.92 Å². The van der Waals surface area contributed by atoms with Crippen molar-refractivity contribution in [2.75, 3.05) is 23.7 Å². The smallest absolute Gasteiger partial charge is 0.330 e. The summed E-state index contributed by atoms with van der Waals surface area (Å²) in [5, 5.41) is 4.13. The standard InChI is InChI=1S/C26H30ClN5O3/c1-2-31(21(33)16-29-26(14-6-7-15-26)19-10-12-20(27)13-11-19)22-23(28)32(25(35)30-24(22)34)17-18-8-4-3-5-9-18/h3-5,8-13,29H,2,6-7,14-17,28H2,1H3,(H,30,34,35). The highest BCUT2D eigenvalue weighted by Crippen LogP contribution is 2.39. The molecule has 0 saturated heterocycles. The molecule has 1 amide bonds. The minimum absolute atomic E-state index is 0.0122. The number of aromatic nitrogens is 2. The van der Waals surface area contributed by atoms with Crippen LogP contribution in [0, 0.1) is 0 Å². The number of aromatic amines is 1. The van der Waals surface area contributed by atoms with E-state index < -0.39 is 11.2 Å². The zero-order valence-electron chi connectivity index (χ0n) is 19.7. The minimum Gasteiger partial charge on any atom is -0.383 e. The van der Waals surface area contributed by atoms with Crippen molar-refractivity contribution in [3.8, 4) is 0 Å². The number of hydrogen-bond donors (Lipinski definition) is 3. The summed E-state index contributed by atoms with van der Waals surface area (Å²) < 4.78 is 1.28. The topological polar surface area (TPSA) is 113 Å². The van der Waals surface area contributed by atoms with Crippen LogP contribution < -0.4 is 27.2 Å². The van der Waals surface area contributed by atoms with Gasteiger partial charge in [-0.15, -0.1) is 0 Å². The zero-order chi connectivity index (χ0) is 25.0. The van der Waals surface area contributed by atoms with Crippen molar-refractivity contribution in [1.82, 2.24) is 14.9 Å². The normalized spacial score (nSPS) is 14.7. The predicted molar refractivity (Wildman–Crippen MR) is 139 cm³/mol. The maximum Gasteiger partial charge on any atom is 0.330 e. The molecule has 0 atom stereocenters. The van der Waals surface area contributed by atoms with Crippen molar-refractivity contribution in [1.29, 1.82) is 0 Å². The van der Waals surface area contributed by atoms with E-state index in [0.717, 1.165) is 36.8 Å². The van der Waals surface area contributed by atoms with Gasteiger partial charge < -0.3 is 10.6 Å². The first-order valence-corrected chi connectivity index (χ1v) is 12.2. The van der Waals surface area contributed by atoms with Crippen LogP contribution in [-0.4, -0.2) is 28.5 Å². The van der Waals surface area contributed by atoms with Crippen LogP contribution in [0.4, 0.5) is 11.5 Å². The molecule has 0 aliphatic heterocycles. The van der Waals surface area contributed by atoms with Gasteiger partial charge in [0, 0.05) is 17.1 Å². The first kappa shape index (κ1) is 24.8. The molecule has 1 aromatic heterocycles. The Morgan fingerprint density at radius 3 is 2.40 bits per heavy atom. The van der Waals surface area contributed by atoms with Gasteiger partial charge in [0.25, 0.3) is 5.56 Å². The third kappa shape index (κ3) is 5.18. The number of halogens is 1. The number of H-pyrrole nitrogens is 1. The fourth-order valence-corrected chi connectivity index (χ4v) is 5.00. The minimum atomic E-state index is -0.680. The van der Waals surface area contributed by atoms with E-state index in [1.165, 1.54) is 9.47 Å². The van der Waals surface area contributed by atoms with E-state index in [0.29, 0.717) is 5.02 Å². The molecule has 0 radical (unpaired) electrons. The molecule has 3 aromatic rings. The number of nitrogens with two attached hydrogens (primary N) is 1. The second-order valence-electron chi connectivity index (χ2n) is 8.85. The van der Waals surface area contributed by atoms with E-state index >= 15 is 0 Å². The van der Waals surface area contributed by atoms with Gasteiger partial charge in [-0.25, -0.2) is 4.79 Å². The van der Waals surface area contributed by atoms with Crippen molar-refractivity contribution in [2.45, 2.75) is 44.7 Å². The number of carbonyl (C=O) groups is 1. The number of benzene rings is 2. The molecule has 8 nitrogen and oxygen atoms in total. The van der Waals surface area contributed by atoms with Crippen LogP contribution in [-0.2, 0) is 16.9 Å². The molecule has 0 spiro atoms. The monoisotopic (exact) mass is 495 g/mol. The second kappa shape index (κ2) is 10.5. The molecule has 184 valence electrons. The van der Waals surface area contributed by atoms with Crippen LogP contribution in [0.3, 0.4) is 0 Å². The van der Waals surface area contributed by atoms with Gasteiger partial charge in [0.05, 0.1) is 13.1 Å². The van der Waals surface area contributed by atoms with Crippen molar-refractivity contribution >= 4 is 29.0 Å². The van der Waals surface area contributed by atoms with Crippen LogP contribution in [0.15, 0.2) is 64.2 Å². The molecule has 1 aliphatic rings. The molecule has 4 N–H and O–H groups in total. The van der Waals surface area contributed by atoms with Gasteiger partial charge in [0.2, 0.25) is 5.91 Å². The van der Waals surface area contributed by atoms with Crippen LogP contribution in [0.1, 0.15) is 43.7 Å². The van der Waals surface area contributed by atoms with Gasteiger partial charge >= 0.3 is 5.69 Å². The first-order valence-electron chi connectivity index (χ1n) is 11.8. The van der Waals surface area contributed by atoms with E-state index in [2.05, 4.69) is 10.3 Å². The number of hydrogen-bond acceptors (Lipinski definition) is 5. The highest BCUT2D eigenvalue weighted by Gasteiger charge is 2.36. The number of carbonyl (C=O) groups excluding carboxylic acids is 1. The number of rotatable bonds is 8. The van der Waals surface area contributed by atoms with E-state index in [4.69, 9.17) is 17.3 Å². The van der Waals surface area contributed by atoms with E-state index in [9.17, 15) is 14.4 Å². The zero-order valence-corrected chi connectivity index (χ0v) is 20.5. The van der Waals surface area contributed by atoms with Crippen molar-refractivity contribution in [2.24, 2.45) is 0 Å². The molecule has 1 aliphatic carbocycles. The average molecular weight is 496 g/mol. The Kier molecular flexibility index (Phi) is 7.42. The maximum atomic E-state index is 13.4. The number of nitrogens with zero attached hydrogens (tertiary/aromatic N) is 2. The molecule has 0 unspecified atom stereocenters. The predicted octanol–water partition coefficient (Wildman–Crippen LogP) is 3.23. The molecule has 0 bridgehead atoms. The van der Waals surface area contributed by atoms with E-state index in [-0.39, 0.29) is 42.6 Å². The van der Waals surface area contributed by atoms with Gasteiger partial charge in [-0.1, -0.05) is 66.9 Å². The van der Waals surface area contributed by atoms with Gasteiger partial charge in [0.1, 0.15) is 5.82 Å². The summed E-state index contributed by atoms with van der Waals surface area (Å²) in [7, 11) is 0. The number of anilines is 2. The number of nitrogen functional groups attached to an aromatic ring is 1. The summed E-state index contributed by atoms with van der Waals surface area (Å²) in [6, 6.07) is 17.0. The lowest BCUT2D eigenvalue weighted by atomic mass is 9.88. The lowest BCUT2D eigenvalue weighted by molar-refractivity contribution is -0.118. The first-order chi connectivity index (χ1) is 16.8. The quantitative estimate of drug-likeness (QED) is 0.444. The third-order valence-corrected chi connectivity index (χ3v) is 6.97. The fraction of sp³-hybridized carbons (Fsp3) is 0.346. The van der Waals surface area contributed by atoms with Gasteiger partial charge in [-0.05, 0) is 43.0 Å². The molecule has 9 heteroatoms. The Bertz CT molecular complexity index is 1300. The lowest BCUT2D eigenvalue weighted by Gasteiger charge is -2.32. The Morgan fingerprint density at radius 1 is 1.11 bits per heavy atom. The summed E-state index contributed by atoms with van der Waals surface area (Å²) in [5.74, 6) is -0.332. The summed E-state index contributed by atoms with van der Waals surface area (Å²) in [5.41, 5.74) is 6.61. The summed E-state index contributed by atoms with van der Waals surface area (Å²) in [6.07, 6.45) is 3.91. The highest BCUT2D eigenvalue weighted by molar-refractivity contribution is 6.30. The molecule has 1 saturated carbocycles. The Hall–Kier alpha value is -3.36. The van der Waals surface area contributed by atoms with Crippen molar-refractivity contribution < 1.29 is 4.79 Å². The van der Waals surface area contributed by atoms with Crippen LogP contribution in [0.2, 0.25) is 5.02 Å². The maximum absolute atomic E-state index is 13.4. The largest absolute Gasteiger partial charge is 0.383 e. The Labute approximate surface area is 208 Å². The SMILES string of the molecule is CCN(C(=O)CNC1(c2ccc(Cl)cc2)CCCC1)c1c(N)n(Cc2ccccc2)c(=O)[nH]c1=O. The highest BCUT2D eigenvalue weighted by atomic mass is 35.5. The Morgan fingerprint density at radius 2 is 1.77 bits per heavy atom. The van der Waals surface area contributed by atoms with Gasteiger partial charge in [0.15, 0.2) is 5.69 Å².